The third-order valence-corrected chi connectivity index (χ3v) is 5.21. The molecule has 1 aliphatic rings. The first kappa shape index (κ1) is 21.4. The molecule has 156 valence electrons. The number of hydrogen-bond acceptors (Lipinski definition) is 5. The summed E-state index contributed by atoms with van der Waals surface area (Å²) in [5.74, 6) is 0. The fraction of sp³-hybridized carbons (Fsp3) is 0.524. The smallest absolute Gasteiger partial charge is 0.444 e. The van der Waals surface area contributed by atoms with Gasteiger partial charge in [-0.3, -0.25) is 5.10 Å². The summed E-state index contributed by atoms with van der Waals surface area (Å²) in [7, 11) is -0.576. The molecule has 0 saturated carbocycles. The maximum atomic E-state index is 12.2. The summed E-state index contributed by atoms with van der Waals surface area (Å²) in [6.45, 7) is 13.7. The largest absolute Gasteiger partial charge is 0.492 e. The zero-order chi connectivity index (χ0) is 21.4. The third-order valence-electron chi connectivity index (χ3n) is 5.21. The van der Waals surface area contributed by atoms with E-state index in [9.17, 15) is 4.79 Å². The summed E-state index contributed by atoms with van der Waals surface area (Å²) in [5, 5.41) is 10.9. The summed E-state index contributed by atoms with van der Waals surface area (Å²) >= 11 is 0. The first-order valence-corrected chi connectivity index (χ1v) is 9.82. The van der Waals surface area contributed by atoms with Crippen LogP contribution in [-0.2, 0) is 14.0 Å². The van der Waals surface area contributed by atoms with E-state index in [2.05, 4.69) is 15.5 Å². The fourth-order valence-corrected chi connectivity index (χ4v) is 2.94. The van der Waals surface area contributed by atoms with Crippen LogP contribution in [0.3, 0.4) is 0 Å². The van der Waals surface area contributed by atoms with E-state index in [1.807, 2.05) is 72.7 Å². The average Bonchev–Trinajstić information content (AvgIpc) is 3.11. The topological polar surface area (TPSA) is 85.5 Å². The second kappa shape index (κ2) is 7.50. The minimum atomic E-state index is -0.576. The molecule has 0 spiro atoms. The number of carbonyl (C=O) groups excluding carboxylic acids is 1. The Kier molecular flexibility index (Phi) is 5.53. The average molecular weight is 399 g/mol. The maximum Gasteiger partial charge on any atom is 0.492 e. The van der Waals surface area contributed by atoms with Gasteiger partial charge in [-0.05, 0) is 65.6 Å². The number of amides is 1. The summed E-state index contributed by atoms with van der Waals surface area (Å²) in [4.78, 5) is 12.2. The quantitative estimate of drug-likeness (QED) is 0.756. The van der Waals surface area contributed by atoms with Gasteiger partial charge < -0.3 is 19.4 Å². The van der Waals surface area contributed by atoms with Crippen LogP contribution in [0.5, 0.6) is 0 Å². The van der Waals surface area contributed by atoms with Crippen LogP contribution in [0, 0.1) is 0 Å². The van der Waals surface area contributed by atoms with Crippen molar-refractivity contribution in [2.24, 2.45) is 0 Å². The molecule has 1 aromatic carbocycles. The van der Waals surface area contributed by atoms with Gasteiger partial charge in [0.15, 0.2) is 0 Å². The molecular weight excluding hydrogens is 369 g/mol. The zero-order valence-electron chi connectivity index (χ0n) is 18.3. The van der Waals surface area contributed by atoms with Crippen molar-refractivity contribution >= 4 is 30.2 Å². The Morgan fingerprint density at radius 1 is 1.24 bits per heavy atom. The Balaban J connectivity index is 1.86. The lowest BCUT2D eigenvalue weighted by atomic mass is 9.77. The van der Waals surface area contributed by atoms with Crippen molar-refractivity contribution in [2.75, 3.05) is 6.54 Å². The van der Waals surface area contributed by atoms with Gasteiger partial charge >= 0.3 is 13.2 Å². The summed E-state index contributed by atoms with van der Waals surface area (Å²) in [6, 6.07) is 5.99. The SMILES string of the molecule is CC(C)(C)OC(=O)NCC(=Cc1ccc2cn[nH]c2c1)B1OC(C)(C)C(C)(C)O1. The third kappa shape index (κ3) is 5.00. The number of aromatic amines is 1. The number of alkyl carbamates (subject to hydrolysis) is 1. The number of nitrogens with zero attached hydrogens (tertiary/aromatic N) is 1. The summed E-state index contributed by atoms with van der Waals surface area (Å²) < 4.78 is 17.8. The Labute approximate surface area is 172 Å². The molecule has 0 aliphatic carbocycles. The molecule has 0 unspecified atom stereocenters. The van der Waals surface area contributed by atoms with Crippen LogP contribution in [0.4, 0.5) is 4.79 Å². The molecule has 8 heteroatoms. The number of H-pyrrole nitrogens is 1. The number of nitrogens with one attached hydrogen (secondary N) is 2. The van der Waals surface area contributed by atoms with E-state index in [0.717, 1.165) is 21.9 Å². The highest BCUT2D eigenvalue weighted by molar-refractivity contribution is 6.56. The van der Waals surface area contributed by atoms with Crippen molar-refractivity contribution in [3.05, 3.63) is 35.4 Å². The molecule has 1 fully saturated rings. The highest BCUT2D eigenvalue weighted by Gasteiger charge is 2.52. The molecule has 0 atom stereocenters. The highest BCUT2D eigenvalue weighted by atomic mass is 16.7. The van der Waals surface area contributed by atoms with Gasteiger partial charge in [-0.2, -0.15) is 5.10 Å². The van der Waals surface area contributed by atoms with E-state index in [1.165, 1.54) is 0 Å². The molecule has 1 saturated heterocycles. The van der Waals surface area contributed by atoms with Crippen molar-refractivity contribution in [2.45, 2.75) is 65.3 Å². The lowest BCUT2D eigenvalue weighted by molar-refractivity contribution is 0.00578. The molecule has 2 aromatic rings. The number of aromatic nitrogens is 2. The van der Waals surface area contributed by atoms with Crippen molar-refractivity contribution in [1.82, 2.24) is 15.5 Å². The number of hydrogen-bond donors (Lipinski definition) is 2. The predicted molar refractivity (Wildman–Crippen MR) is 114 cm³/mol. The monoisotopic (exact) mass is 399 g/mol. The predicted octanol–water partition coefficient (Wildman–Crippen LogP) is 4.10. The van der Waals surface area contributed by atoms with Crippen LogP contribution < -0.4 is 5.32 Å². The molecule has 1 aliphatic heterocycles. The van der Waals surface area contributed by atoms with Gasteiger partial charge in [-0.1, -0.05) is 18.2 Å². The molecule has 29 heavy (non-hydrogen) atoms. The van der Waals surface area contributed by atoms with Gasteiger partial charge in [0.05, 0.1) is 22.9 Å². The van der Waals surface area contributed by atoms with Crippen LogP contribution in [0.2, 0.25) is 0 Å². The number of fused-ring (bicyclic) bond motifs is 1. The molecule has 3 rings (SSSR count). The van der Waals surface area contributed by atoms with Gasteiger partial charge in [0.1, 0.15) is 5.60 Å². The Morgan fingerprint density at radius 2 is 1.90 bits per heavy atom. The normalized spacial score (nSPS) is 18.9. The standard InChI is InChI=1S/C21H30BN3O4/c1-19(2,3)27-18(26)23-13-16(22-28-20(4,5)21(6,7)29-22)10-14-8-9-15-12-24-25-17(15)11-14/h8-12H,13H2,1-7H3,(H,23,26)(H,24,25). The van der Waals surface area contributed by atoms with Crippen molar-refractivity contribution in [1.29, 1.82) is 0 Å². The lowest BCUT2D eigenvalue weighted by Gasteiger charge is -2.32. The van der Waals surface area contributed by atoms with Gasteiger partial charge in [0, 0.05) is 11.9 Å². The molecule has 0 radical (unpaired) electrons. The first-order valence-electron chi connectivity index (χ1n) is 9.82. The van der Waals surface area contributed by atoms with E-state index in [4.69, 9.17) is 14.0 Å². The minimum absolute atomic E-state index is 0.243. The molecule has 0 bridgehead atoms. The first-order chi connectivity index (χ1) is 13.4. The van der Waals surface area contributed by atoms with Crippen molar-refractivity contribution < 1.29 is 18.8 Å². The number of ether oxygens (including phenoxy) is 1. The molecule has 2 heterocycles. The van der Waals surface area contributed by atoms with Gasteiger partial charge in [-0.15, -0.1) is 0 Å². The zero-order valence-corrected chi connectivity index (χ0v) is 18.3. The van der Waals surface area contributed by atoms with Crippen LogP contribution >= 0.6 is 0 Å². The van der Waals surface area contributed by atoms with Gasteiger partial charge in [-0.25, -0.2) is 4.79 Å². The maximum absolute atomic E-state index is 12.2. The van der Waals surface area contributed by atoms with Crippen molar-refractivity contribution in [3.63, 3.8) is 0 Å². The minimum Gasteiger partial charge on any atom is -0.444 e. The van der Waals surface area contributed by atoms with E-state index < -0.39 is 30.0 Å². The second-order valence-electron chi connectivity index (χ2n) is 9.38. The number of carbonyl (C=O) groups is 1. The van der Waals surface area contributed by atoms with Crippen LogP contribution in [0.25, 0.3) is 17.0 Å². The molecule has 1 aromatic heterocycles. The van der Waals surface area contributed by atoms with Crippen LogP contribution in [-0.4, -0.2) is 46.8 Å². The fourth-order valence-electron chi connectivity index (χ4n) is 2.94. The van der Waals surface area contributed by atoms with Crippen LogP contribution in [0.1, 0.15) is 54.0 Å². The lowest BCUT2D eigenvalue weighted by Crippen LogP contribution is -2.41. The van der Waals surface area contributed by atoms with Crippen LogP contribution in [0.15, 0.2) is 29.9 Å². The number of rotatable bonds is 4. The van der Waals surface area contributed by atoms with E-state index in [0.29, 0.717) is 0 Å². The van der Waals surface area contributed by atoms with E-state index in [-0.39, 0.29) is 6.54 Å². The molecule has 7 nitrogen and oxygen atoms in total. The van der Waals surface area contributed by atoms with E-state index >= 15 is 0 Å². The van der Waals surface area contributed by atoms with Gasteiger partial charge in [0.25, 0.3) is 0 Å². The molecule has 2 N–H and O–H groups in total. The summed E-state index contributed by atoms with van der Waals surface area (Å²) in [5.41, 5.74) is 1.17. The Bertz CT molecular complexity index is 911. The number of benzene rings is 1. The van der Waals surface area contributed by atoms with E-state index in [1.54, 1.807) is 6.20 Å². The molecular formula is C21H30BN3O4. The van der Waals surface area contributed by atoms with Gasteiger partial charge in [0.2, 0.25) is 0 Å². The second-order valence-corrected chi connectivity index (χ2v) is 9.38. The summed E-state index contributed by atoms with van der Waals surface area (Å²) in [6.07, 6.45) is 3.27. The van der Waals surface area contributed by atoms with Crippen molar-refractivity contribution in [3.8, 4) is 0 Å². The highest BCUT2D eigenvalue weighted by Crippen LogP contribution is 2.38. The Hall–Kier alpha value is -2.32. The molecule has 1 amide bonds. The Morgan fingerprint density at radius 3 is 2.52 bits per heavy atom.